The van der Waals surface area contributed by atoms with E-state index in [1.54, 1.807) is 0 Å². The van der Waals surface area contributed by atoms with Crippen molar-refractivity contribution in [1.82, 2.24) is 10.2 Å². The summed E-state index contributed by atoms with van der Waals surface area (Å²) >= 11 is 0. The van der Waals surface area contributed by atoms with Gasteiger partial charge in [-0.1, -0.05) is 6.42 Å². The second-order valence-electron chi connectivity index (χ2n) is 5.67. The molecule has 0 aromatic carbocycles. The third-order valence-electron chi connectivity index (χ3n) is 4.08. The average Bonchev–Trinajstić information content (AvgIpc) is 3.06. The largest absolute Gasteiger partial charge is 0.469 e. The Balaban J connectivity index is 1.70. The fraction of sp³-hybridized carbons (Fsp3) is 0.867. The van der Waals surface area contributed by atoms with Gasteiger partial charge in [-0.05, 0) is 25.8 Å². The zero-order valence-corrected chi connectivity index (χ0v) is 13.2. The molecule has 2 aliphatic heterocycles. The Labute approximate surface area is 131 Å². The zero-order valence-electron chi connectivity index (χ0n) is 13.2. The molecule has 2 saturated heterocycles. The summed E-state index contributed by atoms with van der Waals surface area (Å²) in [5.74, 6) is -0.268. The van der Waals surface area contributed by atoms with E-state index in [9.17, 15) is 9.59 Å². The molecule has 0 spiro atoms. The fourth-order valence-electron chi connectivity index (χ4n) is 2.92. The molecule has 1 N–H and O–H groups in total. The molecule has 0 aliphatic carbocycles. The van der Waals surface area contributed by atoms with Crippen molar-refractivity contribution < 1.29 is 23.8 Å². The van der Waals surface area contributed by atoms with Crippen LogP contribution < -0.4 is 5.32 Å². The van der Waals surface area contributed by atoms with Crippen LogP contribution in [0.25, 0.3) is 0 Å². The first-order valence-corrected chi connectivity index (χ1v) is 8.01. The highest BCUT2D eigenvalue weighted by atomic mass is 16.7. The van der Waals surface area contributed by atoms with Crippen LogP contribution >= 0.6 is 0 Å². The number of amides is 1. The lowest BCUT2D eigenvalue weighted by molar-refractivity contribution is -0.141. The van der Waals surface area contributed by atoms with E-state index in [1.165, 1.54) is 7.11 Å². The van der Waals surface area contributed by atoms with Crippen molar-refractivity contribution in [2.75, 3.05) is 40.0 Å². The summed E-state index contributed by atoms with van der Waals surface area (Å²) < 4.78 is 15.8. The van der Waals surface area contributed by atoms with Gasteiger partial charge in [0.1, 0.15) is 0 Å². The number of esters is 1. The lowest BCUT2D eigenvalue weighted by Crippen LogP contribution is -2.51. The lowest BCUT2D eigenvalue weighted by atomic mass is 10.0. The van der Waals surface area contributed by atoms with Crippen molar-refractivity contribution >= 4 is 11.9 Å². The first kappa shape index (κ1) is 17.2. The molecule has 7 heteroatoms. The van der Waals surface area contributed by atoms with Gasteiger partial charge in [-0.3, -0.25) is 14.5 Å². The average molecular weight is 314 g/mol. The van der Waals surface area contributed by atoms with Gasteiger partial charge in [-0.2, -0.15) is 0 Å². The predicted molar refractivity (Wildman–Crippen MR) is 79.2 cm³/mol. The van der Waals surface area contributed by atoms with E-state index in [1.807, 2.05) is 0 Å². The Morgan fingerprint density at radius 2 is 2.05 bits per heavy atom. The van der Waals surface area contributed by atoms with Gasteiger partial charge < -0.3 is 19.5 Å². The molecule has 2 fully saturated rings. The topological polar surface area (TPSA) is 77.1 Å². The third-order valence-corrected chi connectivity index (χ3v) is 4.08. The van der Waals surface area contributed by atoms with Crippen LogP contribution in [0.15, 0.2) is 0 Å². The molecule has 2 heterocycles. The number of nitrogens with zero attached hydrogens (tertiary/aromatic N) is 1. The summed E-state index contributed by atoms with van der Waals surface area (Å²) in [6, 6.07) is 0.164. The summed E-state index contributed by atoms with van der Waals surface area (Å²) in [5.41, 5.74) is 0. The summed E-state index contributed by atoms with van der Waals surface area (Å²) in [4.78, 5) is 25.2. The Hall–Kier alpha value is -1.18. The summed E-state index contributed by atoms with van der Waals surface area (Å²) in [6.45, 7) is 3.00. The first-order valence-electron chi connectivity index (χ1n) is 8.01. The van der Waals surface area contributed by atoms with Crippen LogP contribution in [0.4, 0.5) is 0 Å². The van der Waals surface area contributed by atoms with Crippen LogP contribution in [0.5, 0.6) is 0 Å². The van der Waals surface area contributed by atoms with Crippen LogP contribution in [-0.2, 0) is 23.8 Å². The molecule has 1 unspecified atom stereocenters. The number of carbonyl (C=O) groups is 2. The quantitative estimate of drug-likeness (QED) is 0.537. The maximum atomic E-state index is 12.0. The Kier molecular flexibility index (Phi) is 7.08. The number of likely N-dealkylation sites (tertiary alicyclic amines) is 1. The van der Waals surface area contributed by atoms with Crippen LogP contribution in [-0.4, -0.2) is 69.1 Å². The molecule has 7 nitrogen and oxygen atoms in total. The van der Waals surface area contributed by atoms with Crippen molar-refractivity contribution in [3.8, 4) is 0 Å². The molecule has 0 aromatic rings. The maximum absolute atomic E-state index is 12.0. The minimum atomic E-state index is -0.249. The van der Waals surface area contributed by atoms with Gasteiger partial charge in [0.05, 0.1) is 32.9 Å². The third kappa shape index (κ3) is 5.23. The summed E-state index contributed by atoms with van der Waals surface area (Å²) in [6.07, 6.45) is 3.96. The molecule has 126 valence electrons. The first-order chi connectivity index (χ1) is 10.7. The highest BCUT2D eigenvalue weighted by Gasteiger charge is 2.34. The molecule has 0 aromatic heterocycles. The molecule has 2 aliphatic rings. The van der Waals surface area contributed by atoms with Crippen molar-refractivity contribution in [2.45, 2.75) is 44.4 Å². The number of piperidine rings is 1. The van der Waals surface area contributed by atoms with Crippen molar-refractivity contribution in [2.24, 2.45) is 0 Å². The smallest absolute Gasteiger partial charge is 0.305 e. The molecule has 0 saturated carbocycles. The number of nitrogens with one attached hydrogen (secondary N) is 1. The summed E-state index contributed by atoms with van der Waals surface area (Å²) in [7, 11) is 1.37. The van der Waals surface area contributed by atoms with Crippen LogP contribution in [0.1, 0.15) is 32.1 Å². The Morgan fingerprint density at radius 3 is 2.77 bits per heavy atom. The molecule has 2 rings (SSSR count). The van der Waals surface area contributed by atoms with E-state index in [0.717, 1.165) is 25.8 Å². The molecular formula is C15H26N2O5. The summed E-state index contributed by atoms with van der Waals surface area (Å²) in [5, 5.41) is 2.85. The zero-order chi connectivity index (χ0) is 15.8. The number of hydrogen-bond donors (Lipinski definition) is 1. The van der Waals surface area contributed by atoms with E-state index < -0.39 is 0 Å². The minimum absolute atomic E-state index is 0.0187. The second-order valence-corrected chi connectivity index (χ2v) is 5.67. The minimum Gasteiger partial charge on any atom is -0.469 e. The van der Waals surface area contributed by atoms with Gasteiger partial charge in [0, 0.05) is 13.0 Å². The monoisotopic (exact) mass is 314 g/mol. The van der Waals surface area contributed by atoms with Crippen molar-refractivity contribution in [1.29, 1.82) is 0 Å². The normalized spacial score (nSPS) is 23.4. The SMILES string of the molecule is COC(=O)CCCNC(=O)CN1CCCCC1C1OCCO1. The van der Waals surface area contributed by atoms with Gasteiger partial charge in [0.2, 0.25) is 5.91 Å². The number of rotatable bonds is 7. The Bertz CT molecular complexity index is 371. The highest BCUT2D eigenvalue weighted by molar-refractivity contribution is 5.78. The molecule has 0 bridgehead atoms. The molecule has 1 amide bonds. The molecular weight excluding hydrogens is 288 g/mol. The standard InChI is InChI=1S/C15H26N2O5/c1-20-14(19)6-4-7-16-13(18)11-17-8-3-2-5-12(17)15-21-9-10-22-15/h12,15H,2-11H2,1H3,(H,16,18). The number of carbonyl (C=O) groups excluding carboxylic acids is 2. The van der Waals surface area contributed by atoms with Crippen molar-refractivity contribution in [3.05, 3.63) is 0 Å². The van der Waals surface area contributed by atoms with Gasteiger partial charge >= 0.3 is 5.97 Å². The molecule has 22 heavy (non-hydrogen) atoms. The van der Waals surface area contributed by atoms with Crippen LogP contribution in [0.3, 0.4) is 0 Å². The van der Waals surface area contributed by atoms with Crippen LogP contribution in [0, 0.1) is 0 Å². The van der Waals surface area contributed by atoms with E-state index in [0.29, 0.717) is 39.1 Å². The van der Waals surface area contributed by atoms with Gasteiger partial charge in [0.15, 0.2) is 6.29 Å². The van der Waals surface area contributed by atoms with Crippen molar-refractivity contribution in [3.63, 3.8) is 0 Å². The van der Waals surface area contributed by atoms with Gasteiger partial charge in [-0.25, -0.2) is 0 Å². The Morgan fingerprint density at radius 1 is 1.27 bits per heavy atom. The second kappa shape index (κ2) is 9.07. The highest BCUT2D eigenvalue weighted by Crippen LogP contribution is 2.23. The lowest BCUT2D eigenvalue weighted by Gasteiger charge is -2.37. The van der Waals surface area contributed by atoms with E-state index in [2.05, 4.69) is 15.0 Å². The maximum Gasteiger partial charge on any atom is 0.305 e. The van der Waals surface area contributed by atoms with Crippen LogP contribution in [0.2, 0.25) is 0 Å². The number of methoxy groups -OCH3 is 1. The van der Waals surface area contributed by atoms with Gasteiger partial charge in [-0.15, -0.1) is 0 Å². The number of hydrogen-bond acceptors (Lipinski definition) is 6. The van der Waals surface area contributed by atoms with Gasteiger partial charge in [0.25, 0.3) is 0 Å². The van der Waals surface area contributed by atoms with E-state index >= 15 is 0 Å². The molecule has 1 atom stereocenters. The predicted octanol–water partition coefficient (Wildman–Crippen LogP) is 0.283. The fourth-order valence-corrected chi connectivity index (χ4v) is 2.92. The van der Waals surface area contributed by atoms with E-state index in [-0.39, 0.29) is 24.2 Å². The number of ether oxygens (including phenoxy) is 3. The molecule has 0 radical (unpaired) electrons. The van der Waals surface area contributed by atoms with E-state index in [4.69, 9.17) is 9.47 Å².